The summed E-state index contributed by atoms with van der Waals surface area (Å²) < 4.78 is 15.6. The maximum atomic E-state index is 13.8. The lowest BCUT2D eigenvalue weighted by atomic mass is 9.97. The van der Waals surface area contributed by atoms with Crippen molar-refractivity contribution in [3.05, 3.63) is 97.8 Å². The van der Waals surface area contributed by atoms with E-state index in [0.717, 1.165) is 33.5 Å². The van der Waals surface area contributed by atoms with Gasteiger partial charge in [0.2, 0.25) is 0 Å². The molecule has 0 bridgehead atoms. The second-order valence-electron chi connectivity index (χ2n) is 9.34. The predicted octanol–water partition coefficient (Wildman–Crippen LogP) is 5.91. The Labute approximate surface area is 218 Å². The van der Waals surface area contributed by atoms with Gasteiger partial charge >= 0.3 is 5.97 Å². The van der Waals surface area contributed by atoms with Crippen LogP contribution in [0.5, 0.6) is 0 Å². The van der Waals surface area contributed by atoms with Crippen molar-refractivity contribution < 1.29 is 14.3 Å². The minimum atomic E-state index is -1.19. The highest BCUT2D eigenvalue weighted by Gasteiger charge is 2.25. The highest BCUT2D eigenvalue weighted by atomic mass is 35.5. The van der Waals surface area contributed by atoms with Crippen LogP contribution in [0.2, 0.25) is 5.15 Å². The van der Waals surface area contributed by atoms with Gasteiger partial charge in [0.1, 0.15) is 16.8 Å². The van der Waals surface area contributed by atoms with E-state index in [4.69, 9.17) is 11.6 Å². The summed E-state index contributed by atoms with van der Waals surface area (Å²) in [6.07, 6.45) is 0. The number of carboxylic acid groups (broad SMARTS) is 1. The molecule has 3 heterocycles. The van der Waals surface area contributed by atoms with Gasteiger partial charge in [-0.25, -0.2) is 14.2 Å². The Hall–Kier alpha value is -3.91. The molecule has 4 aromatic rings. The molecule has 9 heteroatoms. The van der Waals surface area contributed by atoms with Crippen molar-refractivity contribution in [3.63, 3.8) is 0 Å². The first-order valence-electron chi connectivity index (χ1n) is 12.0. The van der Waals surface area contributed by atoms with E-state index in [1.54, 1.807) is 22.8 Å². The molecule has 0 radical (unpaired) electrons. The van der Waals surface area contributed by atoms with Crippen molar-refractivity contribution in [1.82, 2.24) is 9.55 Å². The molecule has 1 aliphatic rings. The van der Waals surface area contributed by atoms with Crippen molar-refractivity contribution in [3.8, 4) is 0 Å². The lowest BCUT2D eigenvalue weighted by Gasteiger charge is -2.25. The fourth-order valence-electron chi connectivity index (χ4n) is 5.10. The maximum absolute atomic E-state index is 13.8. The molecule has 190 valence electrons. The van der Waals surface area contributed by atoms with Gasteiger partial charge in [-0.1, -0.05) is 23.7 Å². The summed E-state index contributed by atoms with van der Waals surface area (Å²) in [7, 11) is 0. The molecule has 37 heavy (non-hydrogen) atoms. The van der Waals surface area contributed by atoms with Gasteiger partial charge in [0.15, 0.2) is 5.69 Å². The number of fused-ring (bicyclic) bond motifs is 2. The molecule has 0 unspecified atom stereocenters. The SMILES string of the molecule is CCn1c(N2Cc3ccc(F)cc3C2)cc2c([C@@H](C)Nc3ccc(Cl)nc3C(=O)O)cc(C)cc2c1=O. The Morgan fingerprint density at radius 1 is 1.14 bits per heavy atom. The fourth-order valence-corrected chi connectivity index (χ4v) is 5.24. The molecular formula is C28H26ClFN4O3. The minimum Gasteiger partial charge on any atom is -0.476 e. The quantitative estimate of drug-likeness (QED) is 0.307. The van der Waals surface area contributed by atoms with Crippen LogP contribution in [0.4, 0.5) is 15.9 Å². The number of carbonyl (C=O) groups is 1. The Kier molecular flexibility index (Phi) is 6.37. The molecule has 7 nitrogen and oxygen atoms in total. The molecule has 0 aliphatic carbocycles. The number of benzene rings is 2. The van der Waals surface area contributed by atoms with Gasteiger partial charge in [-0.2, -0.15) is 0 Å². The average molecular weight is 521 g/mol. The molecule has 0 saturated heterocycles. The molecule has 0 fully saturated rings. The number of nitrogens with zero attached hydrogens (tertiary/aromatic N) is 3. The van der Waals surface area contributed by atoms with E-state index in [2.05, 4.69) is 15.2 Å². The summed E-state index contributed by atoms with van der Waals surface area (Å²) in [6.45, 7) is 7.34. The van der Waals surface area contributed by atoms with Crippen molar-refractivity contribution >= 4 is 39.8 Å². The third kappa shape index (κ3) is 4.53. The maximum Gasteiger partial charge on any atom is 0.356 e. The second-order valence-corrected chi connectivity index (χ2v) is 9.72. The Bertz CT molecular complexity index is 1620. The van der Waals surface area contributed by atoms with Crippen molar-refractivity contribution in [2.24, 2.45) is 0 Å². The number of anilines is 2. The number of pyridine rings is 2. The molecule has 1 aliphatic heterocycles. The number of aryl methyl sites for hydroxylation is 1. The van der Waals surface area contributed by atoms with E-state index in [-0.39, 0.29) is 28.3 Å². The molecule has 5 rings (SSSR count). The van der Waals surface area contributed by atoms with Crippen LogP contribution >= 0.6 is 11.6 Å². The van der Waals surface area contributed by atoms with Gasteiger partial charge in [-0.15, -0.1) is 0 Å². The third-order valence-corrected chi connectivity index (χ3v) is 7.03. The molecule has 0 amide bonds. The van der Waals surface area contributed by atoms with E-state index in [0.29, 0.717) is 30.7 Å². The van der Waals surface area contributed by atoms with Crippen LogP contribution in [-0.2, 0) is 19.6 Å². The molecule has 2 aromatic heterocycles. The smallest absolute Gasteiger partial charge is 0.356 e. The van der Waals surface area contributed by atoms with Crippen molar-refractivity contribution in [1.29, 1.82) is 0 Å². The zero-order chi connectivity index (χ0) is 26.4. The zero-order valence-corrected chi connectivity index (χ0v) is 21.4. The van der Waals surface area contributed by atoms with Gasteiger partial charge in [-0.3, -0.25) is 9.36 Å². The molecule has 0 spiro atoms. The summed E-state index contributed by atoms with van der Waals surface area (Å²) in [5.74, 6) is -0.708. The summed E-state index contributed by atoms with van der Waals surface area (Å²) in [6, 6.07) is 13.5. The minimum absolute atomic E-state index is 0.0906. The summed E-state index contributed by atoms with van der Waals surface area (Å²) in [5.41, 5.74) is 3.77. The van der Waals surface area contributed by atoms with E-state index >= 15 is 0 Å². The second kappa shape index (κ2) is 9.52. The van der Waals surface area contributed by atoms with E-state index in [9.17, 15) is 19.1 Å². The van der Waals surface area contributed by atoms with Crippen LogP contribution in [0.1, 0.15) is 52.6 Å². The highest BCUT2D eigenvalue weighted by Crippen LogP contribution is 2.34. The van der Waals surface area contributed by atoms with Crippen LogP contribution in [0.3, 0.4) is 0 Å². The first kappa shape index (κ1) is 24.8. The van der Waals surface area contributed by atoms with Gasteiger partial charge in [0.05, 0.1) is 5.69 Å². The van der Waals surface area contributed by atoms with Crippen LogP contribution in [-0.4, -0.2) is 20.6 Å². The first-order valence-corrected chi connectivity index (χ1v) is 12.4. The zero-order valence-electron chi connectivity index (χ0n) is 20.7. The average Bonchev–Trinajstić information content (AvgIpc) is 3.27. The number of aromatic carboxylic acids is 1. The fraction of sp³-hybridized carbons (Fsp3) is 0.250. The van der Waals surface area contributed by atoms with Gasteiger partial charge in [0, 0.05) is 31.1 Å². The highest BCUT2D eigenvalue weighted by molar-refractivity contribution is 6.29. The van der Waals surface area contributed by atoms with E-state index in [1.807, 2.05) is 39.0 Å². The standard InChI is InChI=1S/C28H26ClFN4O3/c1-4-34-25(33-13-17-5-6-19(30)11-18(17)14-33)12-21-20(9-15(2)10-22(21)27(34)35)16(3)31-23-7-8-24(29)32-26(23)28(36)37/h5-12,16,31H,4,13-14H2,1-3H3,(H,36,37)/t16-/m1/s1. The molecule has 1 atom stereocenters. The molecule has 2 N–H and O–H groups in total. The number of rotatable bonds is 6. The number of hydrogen-bond donors (Lipinski definition) is 2. The Balaban J connectivity index is 1.62. The number of carboxylic acids is 1. The number of hydrogen-bond acceptors (Lipinski definition) is 5. The Morgan fingerprint density at radius 3 is 2.62 bits per heavy atom. The lowest BCUT2D eigenvalue weighted by molar-refractivity contribution is 0.0691. The van der Waals surface area contributed by atoms with Crippen molar-refractivity contribution in [2.75, 3.05) is 10.2 Å². The van der Waals surface area contributed by atoms with Crippen molar-refractivity contribution in [2.45, 2.75) is 46.4 Å². The summed E-state index contributed by atoms with van der Waals surface area (Å²) in [4.78, 5) is 31.5. The summed E-state index contributed by atoms with van der Waals surface area (Å²) in [5, 5.41) is 14.3. The molecule has 0 saturated carbocycles. The third-order valence-electron chi connectivity index (χ3n) is 6.82. The number of halogens is 2. The molecular weight excluding hydrogens is 495 g/mol. The summed E-state index contributed by atoms with van der Waals surface area (Å²) >= 11 is 5.92. The largest absolute Gasteiger partial charge is 0.476 e. The van der Waals surface area contributed by atoms with Gasteiger partial charge in [-0.05, 0) is 84.8 Å². The molecule has 2 aromatic carbocycles. The van der Waals surface area contributed by atoms with Crippen LogP contribution in [0.25, 0.3) is 10.8 Å². The number of nitrogens with one attached hydrogen (secondary N) is 1. The van der Waals surface area contributed by atoms with Crippen LogP contribution in [0.15, 0.2) is 53.3 Å². The van der Waals surface area contributed by atoms with Crippen LogP contribution < -0.4 is 15.8 Å². The van der Waals surface area contributed by atoms with E-state index < -0.39 is 5.97 Å². The van der Waals surface area contributed by atoms with Gasteiger partial charge in [0.25, 0.3) is 5.56 Å². The monoisotopic (exact) mass is 520 g/mol. The normalized spacial score (nSPS) is 13.6. The Morgan fingerprint density at radius 2 is 1.89 bits per heavy atom. The first-order chi connectivity index (χ1) is 17.7. The predicted molar refractivity (Wildman–Crippen MR) is 143 cm³/mol. The van der Waals surface area contributed by atoms with E-state index in [1.165, 1.54) is 12.1 Å². The van der Waals surface area contributed by atoms with Crippen LogP contribution in [0, 0.1) is 12.7 Å². The lowest BCUT2D eigenvalue weighted by Crippen LogP contribution is -2.28. The topological polar surface area (TPSA) is 87.5 Å². The number of aromatic nitrogens is 2. The van der Waals surface area contributed by atoms with Gasteiger partial charge < -0.3 is 15.3 Å².